The summed E-state index contributed by atoms with van der Waals surface area (Å²) in [5, 5.41) is 3.36. The smallest absolute Gasteiger partial charge is 0.243 e. The molecule has 5 nitrogen and oxygen atoms in total. The fraction of sp³-hybridized carbons (Fsp3) is 0.278. The summed E-state index contributed by atoms with van der Waals surface area (Å²) >= 11 is 8.04. The van der Waals surface area contributed by atoms with Crippen LogP contribution in [0.4, 0.5) is 5.69 Å². The van der Waals surface area contributed by atoms with Crippen LogP contribution in [0.1, 0.15) is 12.8 Å². The Morgan fingerprint density at radius 1 is 1.12 bits per heavy atom. The van der Waals surface area contributed by atoms with E-state index in [0.29, 0.717) is 30.1 Å². The predicted octanol–water partition coefficient (Wildman–Crippen LogP) is 3.98. The van der Waals surface area contributed by atoms with E-state index in [4.69, 9.17) is 11.6 Å². The van der Waals surface area contributed by atoms with Gasteiger partial charge in [0.25, 0.3) is 0 Å². The van der Waals surface area contributed by atoms with Gasteiger partial charge in [-0.3, -0.25) is 4.79 Å². The third-order valence-corrected chi connectivity index (χ3v) is 7.17. The molecule has 0 aromatic heterocycles. The first kappa shape index (κ1) is 19.6. The van der Waals surface area contributed by atoms with Crippen LogP contribution in [0.3, 0.4) is 0 Å². The minimum absolute atomic E-state index is 0.151. The molecule has 1 saturated heterocycles. The van der Waals surface area contributed by atoms with Crippen LogP contribution in [0.5, 0.6) is 0 Å². The number of carbonyl (C=O) groups excluding carboxylic acids is 1. The fourth-order valence-corrected chi connectivity index (χ4v) is 4.92. The van der Waals surface area contributed by atoms with Gasteiger partial charge in [-0.1, -0.05) is 11.6 Å². The normalized spacial score (nSPS) is 18.5. The van der Waals surface area contributed by atoms with Crippen LogP contribution in [0.2, 0.25) is 5.02 Å². The van der Waals surface area contributed by atoms with Crippen LogP contribution < -0.4 is 5.32 Å². The number of piperidine rings is 1. The van der Waals surface area contributed by atoms with Crippen LogP contribution in [0, 0.1) is 9.49 Å². The number of nitrogens with one attached hydrogen (secondary N) is 1. The van der Waals surface area contributed by atoms with E-state index in [-0.39, 0.29) is 23.3 Å². The number of amides is 1. The lowest BCUT2D eigenvalue weighted by molar-refractivity contribution is -0.120. The number of rotatable bonds is 4. The van der Waals surface area contributed by atoms with E-state index < -0.39 is 10.0 Å². The van der Waals surface area contributed by atoms with Crippen molar-refractivity contribution in [2.24, 2.45) is 5.92 Å². The SMILES string of the molecule is O=C(Nc1ccc(I)cc1)[C@H]1CCCN(S(=O)(=O)c2ccc(Cl)cc2)C1. The maximum atomic E-state index is 12.8. The lowest BCUT2D eigenvalue weighted by Crippen LogP contribution is -2.43. The standard InChI is InChI=1S/C18H18ClIN2O3S/c19-14-3-9-17(10-4-14)26(24,25)22-11-1-2-13(12-22)18(23)21-16-7-5-15(20)6-8-16/h3-10,13H,1-2,11-12H2,(H,21,23)/t13-/m0/s1. The zero-order chi connectivity index (χ0) is 18.7. The molecule has 0 aliphatic carbocycles. The van der Waals surface area contributed by atoms with Gasteiger partial charge in [0.2, 0.25) is 15.9 Å². The van der Waals surface area contributed by atoms with Crippen LogP contribution in [-0.4, -0.2) is 31.7 Å². The zero-order valence-corrected chi connectivity index (χ0v) is 17.6. The Kier molecular flexibility index (Phi) is 6.21. The average molecular weight is 505 g/mol. The fourth-order valence-electron chi connectivity index (χ4n) is 2.91. The van der Waals surface area contributed by atoms with Crippen molar-refractivity contribution in [1.82, 2.24) is 4.31 Å². The number of hydrogen-bond donors (Lipinski definition) is 1. The number of benzene rings is 2. The Morgan fingerprint density at radius 3 is 2.42 bits per heavy atom. The molecule has 0 spiro atoms. The molecule has 3 rings (SSSR count). The van der Waals surface area contributed by atoms with Gasteiger partial charge in [-0.05, 0) is 84.0 Å². The summed E-state index contributed by atoms with van der Waals surface area (Å²) in [6.07, 6.45) is 1.32. The van der Waals surface area contributed by atoms with Gasteiger partial charge in [0.1, 0.15) is 0 Å². The molecule has 1 aliphatic heterocycles. The number of hydrogen-bond acceptors (Lipinski definition) is 3. The van der Waals surface area contributed by atoms with Gasteiger partial charge in [-0.15, -0.1) is 0 Å². The highest BCUT2D eigenvalue weighted by Gasteiger charge is 2.33. The van der Waals surface area contributed by atoms with Gasteiger partial charge in [0.05, 0.1) is 10.8 Å². The maximum Gasteiger partial charge on any atom is 0.243 e. The first-order chi connectivity index (χ1) is 12.4. The van der Waals surface area contributed by atoms with Crippen molar-refractivity contribution in [2.75, 3.05) is 18.4 Å². The molecule has 0 radical (unpaired) electrons. The molecule has 1 aliphatic rings. The van der Waals surface area contributed by atoms with E-state index in [1.807, 2.05) is 24.3 Å². The third kappa shape index (κ3) is 4.57. The van der Waals surface area contributed by atoms with Gasteiger partial charge >= 0.3 is 0 Å². The second-order valence-corrected chi connectivity index (χ2v) is 9.77. The molecule has 26 heavy (non-hydrogen) atoms. The zero-order valence-electron chi connectivity index (χ0n) is 13.9. The minimum Gasteiger partial charge on any atom is -0.326 e. The van der Waals surface area contributed by atoms with Gasteiger partial charge in [-0.25, -0.2) is 8.42 Å². The first-order valence-corrected chi connectivity index (χ1v) is 11.1. The van der Waals surface area contributed by atoms with E-state index >= 15 is 0 Å². The van der Waals surface area contributed by atoms with E-state index in [1.165, 1.54) is 16.4 Å². The van der Waals surface area contributed by atoms with Crippen LogP contribution in [0.15, 0.2) is 53.4 Å². The van der Waals surface area contributed by atoms with Crippen molar-refractivity contribution in [3.63, 3.8) is 0 Å². The molecule has 8 heteroatoms. The Balaban J connectivity index is 1.71. The largest absolute Gasteiger partial charge is 0.326 e. The molecular weight excluding hydrogens is 487 g/mol. The van der Waals surface area contributed by atoms with Crippen molar-refractivity contribution in [3.05, 3.63) is 57.1 Å². The Labute approximate surface area is 171 Å². The molecule has 2 aromatic rings. The van der Waals surface area contributed by atoms with Crippen molar-refractivity contribution in [2.45, 2.75) is 17.7 Å². The molecule has 0 saturated carbocycles. The molecule has 1 atom stereocenters. The number of anilines is 1. The maximum absolute atomic E-state index is 12.8. The summed E-state index contributed by atoms with van der Waals surface area (Å²) in [5.41, 5.74) is 0.716. The molecule has 1 N–H and O–H groups in total. The van der Waals surface area contributed by atoms with E-state index in [9.17, 15) is 13.2 Å². The average Bonchev–Trinajstić information content (AvgIpc) is 2.64. The molecule has 0 unspecified atom stereocenters. The van der Waals surface area contributed by atoms with E-state index in [2.05, 4.69) is 27.9 Å². The van der Waals surface area contributed by atoms with Crippen molar-refractivity contribution >= 4 is 55.8 Å². The van der Waals surface area contributed by atoms with Crippen molar-refractivity contribution in [3.8, 4) is 0 Å². The predicted molar refractivity (Wildman–Crippen MR) is 111 cm³/mol. The number of sulfonamides is 1. The number of nitrogens with zero attached hydrogens (tertiary/aromatic N) is 1. The summed E-state index contributed by atoms with van der Waals surface area (Å²) < 4.78 is 28.1. The molecule has 1 amide bonds. The summed E-state index contributed by atoms with van der Waals surface area (Å²) in [6.45, 7) is 0.597. The van der Waals surface area contributed by atoms with Gasteiger partial charge in [0.15, 0.2) is 0 Å². The molecule has 0 bridgehead atoms. The highest BCUT2D eigenvalue weighted by atomic mass is 127. The highest BCUT2D eigenvalue weighted by Crippen LogP contribution is 2.25. The van der Waals surface area contributed by atoms with Crippen LogP contribution in [-0.2, 0) is 14.8 Å². The molecule has 2 aromatic carbocycles. The highest BCUT2D eigenvalue weighted by molar-refractivity contribution is 14.1. The van der Waals surface area contributed by atoms with Crippen LogP contribution >= 0.6 is 34.2 Å². The van der Waals surface area contributed by atoms with E-state index in [0.717, 1.165) is 3.57 Å². The first-order valence-electron chi connectivity index (χ1n) is 8.18. The minimum atomic E-state index is -3.63. The Bertz CT molecular complexity index is 886. The molecule has 138 valence electrons. The number of halogens is 2. The summed E-state index contributed by atoms with van der Waals surface area (Å²) in [4.78, 5) is 12.7. The quantitative estimate of drug-likeness (QED) is 0.641. The van der Waals surface area contributed by atoms with Gasteiger partial charge < -0.3 is 5.32 Å². The molecule has 1 heterocycles. The summed E-state index contributed by atoms with van der Waals surface area (Å²) in [6, 6.07) is 13.6. The number of carbonyl (C=O) groups is 1. The van der Waals surface area contributed by atoms with E-state index in [1.54, 1.807) is 12.1 Å². The lowest BCUT2D eigenvalue weighted by Gasteiger charge is -2.31. The second kappa shape index (κ2) is 8.24. The Hall–Kier alpha value is -1.16. The molecule has 1 fully saturated rings. The monoisotopic (exact) mass is 504 g/mol. The van der Waals surface area contributed by atoms with Crippen molar-refractivity contribution in [1.29, 1.82) is 0 Å². The topological polar surface area (TPSA) is 66.5 Å². The Morgan fingerprint density at radius 2 is 1.77 bits per heavy atom. The van der Waals surface area contributed by atoms with Crippen LogP contribution in [0.25, 0.3) is 0 Å². The molecular formula is C18H18ClIN2O3S. The summed E-state index contributed by atoms with van der Waals surface area (Å²) in [5.74, 6) is -0.521. The lowest BCUT2D eigenvalue weighted by atomic mass is 9.99. The van der Waals surface area contributed by atoms with Gasteiger partial charge in [-0.2, -0.15) is 4.31 Å². The van der Waals surface area contributed by atoms with Gasteiger partial charge in [0, 0.05) is 27.4 Å². The van der Waals surface area contributed by atoms with Crippen molar-refractivity contribution < 1.29 is 13.2 Å². The summed E-state index contributed by atoms with van der Waals surface area (Å²) in [7, 11) is -3.63. The second-order valence-electron chi connectivity index (χ2n) is 6.15. The third-order valence-electron chi connectivity index (χ3n) is 4.32.